The summed E-state index contributed by atoms with van der Waals surface area (Å²) in [5.41, 5.74) is 25.9. The molecule has 0 aliphatic carbocycles. The number of hydrogen-bond acceptors (Lipinski definition) is 7. The summed E-state index contributed by atoms with van der Waals surface area (Å²) >= 11 is 0. The Morgan fingerprint density at radius 2 is 1.06 bits per heavy atom. The van der Waals surface area contributed by atoms with E-state index in [4.69, 9.17) is 22.9 Å². The Labute approximate surface area is 357 Å². The number of nitrogens with two attached hydrogens (primary N) is 4. The summed E-state index contributed by atoms with van der Waals surface area (Å²) in [7, 11) is 0. The summed E-state index contributed by atoms with van der Waals surface area (Å²) in [6, 6.07) is 5.80. The first kappa shape index (κ1) is 44.8. The van der Waals surface area contributed by atoms with E-state index in [9.17, 15) is 19.5 Å². The van der Waals surface area contributed by atoms with E-state index in [2.05, 4.69) is 20.0 Å². The van der Waals surface area contributed by atoms with Crippen LogP contribution >= 0.6 is 0 Å². The monoisotopic (exact) mass is 858 g/mol. The van der Waals surface area contributed by atoms with E-state index < -0.39 is 28.6 Å². The van der Waals surface area contributed by atoms with Gasteiger partial charge in [0, 0.05) is 107 Å². The Balaban J connectivity index is 0.900. The third kappa shape index (κ3) is 10.1. The van der Waals surface area contributed by atoms with Gasteiger partial charge in [0.15, 0.2) is 17.3 Å². The van der Waals surface area contributed by atoms with Crippen LogP contribution in [-0.4, -0.2) is 119 Å². The Hall–Kier alpha value is -6.73. The number of piperazine rings is 2. The average molecular weight is 859 g/mol. The van der Waals surface area contributed by atoms with Gasteiger partial charge >= 0.3 is 5.97 Å². The van der Waals surface area contributed by atoms with Crippen molar-refractivity contribution < 1.29 is 18.7 Å². The Kier molecular flexibility index (Phi) is 14.3. The Bertz CT molecular complexity index is 2550. The quantitative estimate of drug-likeness (QED) is 0.0784. The van der Waals surface area contributed by atoms with E-state index in [-0.39, 0.29) is 34.7 Å². The van der Waals surface area contributed by atoms with Gasteiger partial charge in [-0.15, -0.1) is 0 Å². The zero-order valence-electron chi connectivity index (χ0n) is 35.5. The number of guanidine groups is 4. The minimum absolute atomic E-state index is 0.0190. The van der Waals surface area contributed by atoms with Crippen LogP contribution < -0.4 is 43.6 Å². The summed E-state index contributed by atoms with van der Waals surface area (Å²) in [4.78, 5) is 61.7. The van der Waals surface area contributed by atoms with Crippen molar-refractivity contribution in [3.05, 3.63) is 79.9 Å². The SMILES string of the molecule is CCn1cc(C)c(=O)c2cc(F)c(N3CCN(C(N)=NC(N)=NCCCCCCN=C(N)N=C(N)N4CCN(c5cc6c(cc5F)c(=O)c(C(=O)O)cn6CC)CC4)CC3)cc21. The van der Waals surface area contributed by atoms with Gasteiger partial charge < -0.3 is 56.8 Å². The molecule has 4 aromatic rings. The van der Waals surface area contributed by atoms with Crippen molar-refractivity contribution >= 4 is 63.0 Å². The van der Waals surface area contributed by atoms with Crippen LogP contribution in [0.5, 0.6) is 0 Å². The summed E-state index contributed by atoms with van der Waals surface area (Å²) in [5, 5.41) is 9.82. The number of aromatic carboxylic acids is 1. The van der Waals surface area contributed by atoms with E-state index in [1.54, 1.807) is 23.6 Å². The summed E-state index contributed by atoms with van der Waals surface area (Å²) in [5.74, 6) is -1.77. The number of aliphatic imine (C=N–C) groups is 4. The highest BCUT2D eigenvalue weighted by Crippen LogP contribution is 2.28. The number of anilines is 2. The molecule has 0 saturated carbocycles. The number of nitrogens with zero attached hydrogens (tertiary/aromatic N) is 10. The number of pyridine rings is 2. The lowest BCUT2D eigenvalue weighted by Gasteiger charge is -2.36. The molecule has 20 heteroatoms. The Morgan fingerprint density at radius 1 is 0.645 bits per heavy atom. The lowest BCUT2D eigenvalue weighted by Crippen LogP contribution is -2.51. The van der Waals surface area contributed by atoms with Gasteiger partial charge in [0.25, 0.3) is 0 Å². The fourth-order valence-electron chi connectivity index (χ4n) is 7.87. The van der Waals surface area contributed by atoms with Crippen LogP contribution in [0.2, 0.25) is 0 Å². The van der Waals surface area contributed by atoms with Gasteiger partial charge in [0.2, 0.25) is 17.3 Å². The molecule has 2 aromatic carbocycles. The minimum atomic E-state index is -1.36. The van der Waals surface area contributed by atoms with Crippen molar-refractivity contribution in [2.75, 3.05) is 75.2 Å². The fraction of sp³-hybridized carbons (Fsp3) is 0.452. The molecular weight excluding hydrogens is 803 g/mol. The molecule has 2 aromatic heterocycles. The average Bonchev–Trinajstić information content (AvgIpc) is 3.25. The molecule has 0 amide bonds. The molecule has 0 spiro atoms. The fourth-order valence-corrected chi connectivity index (χ4v) is 7.87. The van der Waals surface area contributed by atoms with Crippen molar-refractivity contribution in [3.63, 3.8) is 0 Å². The minimum Gasteiger partial charge on any atom is -0.477 e. The second-order valence-electron chi connectivity index (χ2n) is 15.3. The molecular formula is C42H56F2N14O4. The predicted molar refractivity (Wildman–Crippen MR) is 242 cm³/mol. The van der Waals surface area contributed by atoms with Crippen molar-refractivity contribution in [1.29, 1.82) is 0 Å². The van der Waals surface area contributed by atoms with Crippen molar-refractivity contribution in [2.24, 2.45) is 42.9 Å². The van der Waals surface area contributed by atoms with E-state index >= 15 is 8.78 Å². The molecule has 4 heterocycles. The molecule has 332 valence electrons. The summed E-state index contributed by atoms with van der Waals surface area (Å²) in [6.07, 6.45) is 6.45. The van der Waals surface area contributed by atoms with E-state index in [0.717, 1.165) is 31.7 Å². The molecule has 0 bridgehead atoms. The van der Waals surface area contributed by atoms with Crippen LogP contribution in [0.25, 0.3) is 21.8 Å². The van der Waals surface area contributed by atoms with Gasteiger partial charge in [-0.25, -0.2) is 13.6 Å². The zero-order valence-corrected chi connectivity index (χ0v) is 35.5. The largest absolute Gasteiger partial charge is 0.477 e. The van der Waals surface area contributed by atoms with Gasteiger partial charge in [-0.2, -0.15) is 9.98 Å². The number of aryl methyl sites for hydroxylation is 3. The highest BCUT2D eigenvalue weighted by Gasteiger charge is 2.25. The smallest absolute Gasteiger partial charge is 0.341 e. The second kappa shape index (κ2) is 19.8. The van der Waals surface area contributed by atoms with Crippen molar-refractivity contribution in [2.45, 2.75) is 59.5 Å². The molecule has 0 atom stereocenters. The van der Waals surface area contributed by atoms with E-state index in [0.29, 0.717) is 112 Å². The first-order chi connectivity index (χ1) is 29.7. The van der Waals surface area contributed by atoms with Gasteiger partial charge in [0.05, 0.1) is 22.4 Å². The van der Waals surface area contributed by atoms with Gasteiger partial charge in [-0.3, -0.25) is 19.6 Å². The maximum atomic E-state index is 15.3. The number of unbranched alkanes of at least 4 members (excludes halogenated alkanes) is 3. The number of halogens is 2. The second-order valence-corrected chi connectivity index (χ2v) is 15.3. The number of aromatic nitrogens is 2. The molecule has 18 nitrogen and oxygen atoms in total. The normalized spacial score (nSPS) is 16.0. The number of fused-ring (bicyclic) bond motifs is 2. The Morgan fingerprint density at radius 3 is 1.48 bits per heavy atom. The van der Waals surface area contributed by atoms with Gasteiger partial charge in [-0.1, -0.05) is 12.8 Å². The third-order valence-corrected chi connectivity index (χ3v) is 11.3. The molecule has 9 N–H and O–H groups in total. The molecule has 62 heavy (non-hydrogen) atoms. The molecule has 0 radical (unpaired) electrons. The highest BCUT2D eigenvalue weighted by atomic mass is 19.1. The number of carboxylic acids is 1. The maximum absolute atomic E-state index is 15.3. The van der Waals surface area contributed by atoms with Gasteiger partial charge in [-0.05, 0) is 57.9 Å². The molecule has 0 unspecified atom stereocenters. The number of rotatable bonds is 12. The molecule has 6 rings (SSSR count). The zero-order chi connectivity index (χ0) is 44.7. The van der Waals surface area contributed by atoms with Crippen molar-refractivity contribution in [1.82, 2.24) is 18.9 Å². The van der Waals surface area contributed by atoms with Gasteiger partial charge in [0.1, 0.15) is 17.2 Å². The van der Waals surface area contributed by atoms with Crippen LogP contribution in [0, 0.1) is 18.6 Å². The highest BCUT2D eigenvalue weighted by molar-refractivity contribution is 5.95. The van der Waals surface area contributed by atoms with Crippen LogP contribution in [0.15, 0.2) is 66.2 Å². The molecule has 2 saturated heterocycles. The lowest BCUT2D eigenvalue weighted by atomic mass is 10.1. The van der Waals surface area contributed by atoms with Crippen LogP contribution in [0.4, 0.5) is 20.2 Å². The molecule has 2 fully saturated rings. The standard InChI is InChI=1S/C42H56F2N14O4/c1-4-53-24-26(3)36(59)27-20-30(43)34(22-32(27)53)55-12-16-57(17-13-55)41(47)51-39(45)49-10-8-6-7-9-11-50-40(46)52-42(48)58-18-14-56(15-19-58)35-23-33-28(21-31(35)44)37(60)29(38(61)62)25-54(33)5-2/h20-25H,4-19H2,1-3H3,(H,61,62)(H4,45,47,49,51)(H4,46,48,50,52). The number of hydrogen-bond donors (Lipinski definition) is 5. The van der Waals surface area contributed by atoms with Crippen molar-refractivity contribution in [3.8, 4) is 0 Å². The number of carboxylic acid groups (broad SMARTS) is 1. The first-order valence-corrected chi connectivity index (χ1v) is 20.9. The van der Waals surface area contributed by atoms with Crippen LogP contribution in [0.3, 0.4) is 0 Å². The lowest BCUT2D eigenvalue weighted by molar-refractivity contribution is 0.0694. The number of benzene rings is 2. The van der Waals surface area contributed by atoms with E-state index in [1.807, 2.05) is 44.2 Å². The van der Waals surface area contributed by atoms with Crippen LogP contribution in [0.1, 0.15) is 55.5 Å². The van der Waals surface area contributed by atoms with Crippen LogP contribution in [-0.2, 0) is 13.1 Å². The summed E-state index contributed by atoms with van der Waals surface area (Å²) < 4.78 is 34.1. The summed E-state index contributed by atoms with van der Waals surface area (Å²) in [6.45, 7) is 11.3. The maximum Gasteiger partial charge on any atom is 0.341 e. The molecule has 2 aliphatic rings. The molecule has 2 aliphatic heterocycles. The number of carbonyl (C=O) groups is 1. The van der Waals surface area contributed by atoms with E-state index in [1.165, 1.54) is 12.3 Å². The predicted octanol–water partition coefficient (Wildman–Crippen LogP) is 2.40. The third-order valence-electron chi connectivity index (χ3n) is 11.3. The first-order valence-electron chi connectivity index (χ1n) is 20.9. The topological polar surface area (TPSA) is 248 Å².